The van der Waals surface area contributed by atoms with E-state index in [1.807, 2.05) is 19.1 Å². The number of aliphatic hydroxyl groups is 1. The molecule has 0 aliphatic rings. The minimum atomic E-state index is 0.0733. The lowest BCUT2D eigenvalue weighted by atomic mass is 10.2. The fourth-order valence-corrected chi connectivity index (χ4v) is 1.08. The average molecular weight is 196 g/mol. The number of pyridine rings is 1. The summed E-state index contributed by atoms with van der Waals surface area (Å²) in [5.74, 6) is 5.62. The number of hydrogen-bond donors (Lipinski definition) is 1. The van der Waals surface area contributed by atoms with Crippen LogP contribution < -0.4 is 0 Å². The first-order valence-electron chi connectivity index (χ1n) is 3.97. The van der Waals surface area contributed by atoms with Crippen LogP contribution in [0, 0.1) is 18.8 Å². The molecule has 1 aromatic heterocycles. The highest BCUT2D eigenvalue weighted by Gasteiger charge is 1.96. The van der Waals surface area contributed by atoms with Gasteiger partial charge in [-0.05, 0) is 19.1 Å². The molecule has 0 radical (unpaired) electrons. The van der Waals surface area contributed by atoms with Crippen LogP contribution in [0.5, 0.6) is 0 Å². The van der Waals surface area contributed by atoms with Gasteiger partial charge in [0.15, 0.2) is 0 Å². The third-order valence-electron chi connectivity index (χ3n) is 1.45. The summed E-state index contributed by atoms with van der Waals surface area (Å²) < 4.78 is 0. The second-order valence-electron chi connectivity index (χ2n) is 2.57. The van der Waals surface area contributed by atoms with Gasteiger partial charge in [-0.25, -0.2) is 4.98 Å². The monoisotopic (exact) mass is 195 g/mol. The van der Waals surface area contributed by atoms with Crippen molar-refractivity contribution in [3.05, 3.63) is 28.5 Å². The van der Waals surface area contributed by atoms with Crippen LogP contribution in [0.15, 0.2) is 12.1 Å². The Morgan fingerprint density at radius 3 is 2.92 bits per heavy atom. The van der Waals surface area contributed by atoms with Gasteiger partial charge in [0.05, 0.1) is 12.2 Å². The predicted octanol–water partition coefficient (Wildman–Crippen LogP) is 1.78. The lowest BCUT2D eigenvalue weighted by molar-refractivity contribution is 0.305. The van der Waals surface area contributed by atoms with Crippen LogP contribution in [0.2, 0.25) is 5.15 Å². The molecule has 0 aliphatic heterocycles. The summed E-state index contributed by atoms with van der Waals surface area (Å²) >= 11 is 5.83. The van der Waals surface area contributed by atoms with Crippen LogP contribution in [0.4, 0.5) is 0 Å². The summed E-state index contributed by atoms with van der Waals surface area (Å²) in [7, 11) is 0. The van der Waals surface area contributed by atoms with E-state index in [1.165, 1.54) is 0 Å². The Balaban J connectivity index is 2.85. The van der Waals surface area contributed by atoms with E-state index in [-0.39, 0.29) is 6.61 Å². The summed E-state index contributed by atoms with van der Waals surface area (Å²) in [5.41, 5.74) is 1.58. The molecule has 0 aliphatic carbocycles. The summed E-state index contributed by atoms with van der Waals surface area (Å²) in [6.45, 7) is 1.95. The van der Waals surface area contributed by atoms with Crippen LogP contribution in [-0.2, 0) is 0 Å². The minimum absolute atomic E-state index is 0.0733. The van der Waals surface area contributed by atoms with E-state index >= 15 is 0 Å². The van der Waals surface area contributed by atoms with Gasteiger partial charge in [-0.1, -0.05) is 23.4 Å². The third kappa shape index (κ3) is 3.06. The molecule has 0 amide bonds. The molecular weight excluding hydrogens is 186 g/mol. The van der Waals surface area contributed by atoms with Gasteiger partial charge in [-0.3, -0.25) is 0 Å². The van der Waals surface area contributed by atoms with Crippen LogP contribution >= 0.6 is 11.6 Å². The Morgan fingerprint density at radius 1 is 1.54 bits per heavy atom. The molecule has 1 heterocycles. The highest BCUT2D eigenvalue weighted by molar-refractivity contribution is 6.30. The Labute approximate surface area is 82.6 Å². The van der Waals surface area contributed by atoms with Gasteiger partial charge in [0, 0.05) is 12.1 Å². The van der Waals surface area contributed by atoms with Gasteiger partial charge in [-0.15, -0.1) is 0 Å². The van der Waals surface area contributed by atoms with E-state index in [9.17, 15) is 0 Å². The highest BCUT2D eigenvalue weighted by Crippen LogP contribution is 2.11. The lowest BCUT2D eigenvalue weighted by Gasteiger charge is -1.95. The van der Waals surface area contributed by atoms with E-state index in [0.29, 0.717) is 17.1 Å². The van der Waals surface area contributed by atoms with E-state index in [2.05, 4.69) is 16.8 Å². The molecule has 0 fully saturated rings. The van der Waals surface area contributed by atoms with Gasteiger partial charge in [0.2, 0.25) is 0 Å². The molecule has 3 heteroatoms. The first kappa shape index (κ1) is 10.0. The maximum atomic E-state index is 8.51. The Hall–Kier alpha value is -1.04. The molecule has 0 saturated heterocycles. The van der Waals surface area contributed by atoms with E-state index in [0.717, 1.165) is 5.69 Å². The molecule has 1 N–H and O–H groups in total. The van der Waals surface area contributed by atoms with Crippen LogP contribution in [0.25, 0.3) is 0 Å². The number of nitrogens with zero attached hydrogens (tertiary/aromatic N) is 1. The van der Waals surface area contributed by atoms with Crippen LogP contribution in [-0.4, -0.2) is 16.7 Å². The smallest absolute Gasteiger partial charge is 0.144 e. The van der Waals surface area contributed by atoms with Gasteiger partial charge >= 0.3 is 0 Å². The summed E-state index contributed by atoms with van der Waals surface area (Å²) in [6.07, 6.45) is 0.463. The summed E-state index contributed by atoms with van der Waals surface area (Å²) in [6, 6.07) is 3.68. The van der Waals surface area contributed by atoms with Gasteiger partial charge in [-0.2, -0.15) is 0 Å². The first-order chi connectivity index (χ1) is 6.24. The zero-order valence-electron chi connectivity index (χ0n) is 7.34. The van der Waals surface area contributed by atoms with Gasteiger partial charge < -0.3 is 5.11 Å². The zero-order chi connectivity index (χ0) is 9.68. The number of aryl methyl sites for hydroxylation is 1. The van der Waals surface area contributed by atoms with Crippen molar-refractivity contribution < 1.29 is 5.11 Å². The molecule has 1 aromatic rings. The van der Waals surface area contributed by atoms with Crippen molar-refractivity contribution in [2.75, 3.05) is 6.61 Å². The van der Waals surface area contributed by atoms with E-state index in [1.54, 1.807) is 0 Å². The van der Waals surface area contributed by atoms with Crippen molar-refractivity contribution in [1.82, 2.24) is 4.98 Å². The minimum Gasteiger partial charge on any atom is -0.395 e. The highest BCUT2D eigenvalue weighted by atomic mass is 35.5. The van der Waals surface area contributed by atoms with Crippen molar-refractivity contribution in [2.45, 2.75) is 13.3 Å². The van der Waals surface area contributed by atoms with Crippen molar-refractivity contribution >= 4 is 11.6 Å². The molecule has 0 saturated carbocycles. The largest absolute Gasteiger partial charge is 0.395 e. The maximum Gasteiger partial charge on any atom is 0.144 e. The number of aromatic nitrogens is 1. The Morgan fingerprint density at radius 2 is 2.31 bits per heavy atom. The topological polar surface area (TPSA) is 33.1 Å². The molecule has 13 heavy (non-hydrogen) atoms. The number of rotatable bonds is 1. The van der Waals surface area contributed by atoms with Gasteiger partial charge in [0.1, 0.15) is 5.15 Å². The molecule has 0 spiro atoms. The quantitative estimate of drug-likeness (QED) is 0.548. The number of hydrogen-bond acceptors (Lipinski definition) is 2. The second-order valence-corrected chi connectivity index (χ2v) is 2.92. The first-order valence-corrected chi connectivity index (χ1v) is 4.34. The molecule has 0 atom stereocenters. The molecular formula is C10H10ClNO. The standard InChI is InChI=1S/C10H10ClNO/c1-8-5-6-9(10(11)12-8)4-2-3-7-13/h5-6,13H,3,7H2,1H3. The Bertz CT molecular complexity index is 352. The fraction of sp³-hybridized carbons (Fsp3) is 0.300. The number of halogens is 1. The molecule has 1 rings (SSSR count). The van der Waals surface area contributed by atoms with Crippen LogP contribution in [0.3, 0.4) is 0 Å². The number of aliphatic hydroxyl groups excluding tert-OH is 1. The maximum absolute atomic E-state index is 8.51. The SMILES string of the molecule is Cc1ccc(C#CCCO)c(Cl)n1. The molecule has 68 valence electrons. The van der Waals surface area contributed by atoms with Crippen molar-refractivity contribution in [3.63, 3.8) is 0 Å². The van der Waals surface area contributed by atoms with E-state index < -0.39 is 0 Å². The molecule has 2 nitrogen and oxygen atoms in total. The fourth-order valence-electron chi connectivity index (χ4n) is 0.832. The molecule has 0 bridgehead atoms. The third-order valence-corrected chi connectivity index (χ3v) is 1.74. The van der Waals surface area contributed by atoms with Crippen molar-refractivity contribution in [1.29, 1.82) is 0 Å². The van der Waals surface area contributed by atoms with Gasteiger partial charge in [0.25, 0.3) is 0 Å². The molecule has 0 aromatic carbocycles. The van der Waals surface area contributed by atoms with E-state index in [4.69, 9.17) is 16.7 Å². The second kappa shape index (κ2) is 4.86. The average Bonchev–Trinajstić information content (AvgIpc) is 2.09. The lowest BCUT2D eigenvalue weighted by Crippen LogP contribution is -1.85. The summed E-state index contributed by atoms with van der Waals surface area (Å²) in [4.78, 5) is 4.05. The van der Waals surface area contributed by atoms with Crippen LogP contribution in [0.1, 0.15) is 17.7 Å². The normalized spacial score (nSPS) is 9.15. The molecule has 0 unspecified atom stereocenters. The predicted molar refractivity (Wildman–Crippen MR) is 52.6 cm³/mol. The van der Waals surface area contributed by atoms with Crippen molar-refractivity contribution in [3.8, 4) is 11.8 Å². The van der Waals surface area contributed by atoms with Crippen molar-refractivity contribution in [2.24, 2.45) is 0 Å². The summed E-state index contributed by atoms with van der Waals surface area (Å²) in [5, 5.41) is 8.93. The Kier molecular flexibility index (Phi) is 3.75. The zero-order valence-corrected chi connectivity index (χ0v) is 8.10.